The molecule has 24 heavy (non-hydrogen) atoms. The number of piperazine rings is 1. The van der Waals surface area contributed by atoms with E-state index in [0.29, 0.717) is 44.5 Å². The van der Waals surface area contributed by atoms with Crippen molar-refractivity contribution in [2.24, 2.45) is 0 Å². The second-order valence-corrected chi connectivity index (χ2v) is 5.72. The van der Waals surface area contributed by atoms with E-state index in [1.54, 1.807) is 7.11 Å². The van der Waals surface area contributed by atoms with Crippen molar-refractivity contribution in [1.82, 2.24) is 15.1 Å². The Morgan fingerprint density at radius 3 is 2.46 bits per heavy atom. The summed E-state index contributed by atoms with van der Waals surface area (Å²) < 4.78 is 10.7. The third kappa shape index (κ3) is 3.67. The average Bonchev–Trinajstić information content (AvgIpc) is 3.11. The summed E-state index contributed by atoms with van der Waals surface area (Å²) in [5.74, 6) is 1.58. The van der Waals surface area contributed by atoms with Crippen molar-refractivity contribution in [2.45, 2.75) is 19.8 Å². The van der Waals surface area contributed by atoms with E-state index >= 15 is 0 Å². The lowest BCUT2D eigenvalue weighted by Crippen LogP contribution is -2.49. The zero-order chi connectivity index (χ0) is 16.9. The first-order valence-corrected chi connectivity index (χ1v) is 8.17. The number of carbonyl (C=O) groups is 1. The van der Waals surface area contributed by atoms with Crippen molar-refractivity contribution >= 4 is 11.9 Å². The fourth-order valence-corrected chi connectivity index (χ4v) is 2.69. The van der Waals surface area contributed by atoms with Gasteiger partial charge in [-0.05, 0) is 17.7 Å². The van der Waals surface area contributed by atoms with Crippen LogP contribution in [0.3, 0.4) is 0 Å². The van der Waals surface area contributed by atoms with Crippen LogP contribution in [0, 0.1) is 0 Å². The summed E-state index contributed by atoms with van der Waals surface area (Å²) in [7, 11) is 1.63. The van der Waals surface area contributed by atoms with Gasteiger partial charge in [0, 0.05) is 32.6 Å². The normalized spacial score (nSPS) is 14.8. The van der Waals surface area contributed by atoms with E-state index in [1.165, 1.54) is 0 Å². The maximum Gasteiger partial charge on any atom is 0.318 e. The Morgan fingerprint density at radius 2 is 1.88 bits per heavy atom. The number of benzene rings is 1. The van der Waals surface area contributed by atoms with Crippen molar-refractivity contribution in [3.05, 3.63) is 35.7 Å². The summed E-state index contributed by atoms with van der Waals surface area (Å²) in [6.45, 7) is 4.73. The van der Waals surface area contributed by atoms with Gasteiger partial charge in [0.15, 0.2) is 0 Å². The third-order valence-electron chi connectivity index (χ3n) is 4.18. The Hall–Kier alpha value is -2.57. The predicted molar refractivity (Wildman–Crippen MR) is 89.2 cm³/mol. The van der Waals surface area contributed by atoms with Crippen LogP contribution >= 0.6 is 0 Å². The number of ether oxygens (including phenoxy) is 1. The summed E-state index contributed by atoms with van der Waals surface area (Å²) >= 11 is 0. The first-order chi connectivity index (χ1) is 11.7. The van der Waals surface area contributed by atoms with Gasteiger partial charge in [0.25, 0.3) is 0 Å². The molecule has 128 valence electrons. The van der Waals surface area contributed by atoms with E-state index in [-0.39, 0.29) is 5.91 Å². The maximum absolute atomic E-state index is 12.4. The highest BCUT2D eigenvalue weighted by Gasteiger charge is 2.24. The number of aromatic nitrogens is 2. The lowest BCUT2D eigenvalue weighted by Gasteiger charge is -2.33. The molecule has 7 nitrogen and oxygen atoms in total. The summed E-state index contributed by atoms with van der Waals surface area (Å²) in [5.41, 5.74) is 0.993. The van der Waals surface area contributed by atoms with Crippen molar-refractivity contribution < 1.29 is 13.9 Å². The molecule has 0 radical (unpaired) electrons. The number of nitrogens with zero attached hydrogens (tertiary/aromatic N) is 4. The van der Waals surface area contributed by atoms with Crippen LogP contribution in [0.25, 0.3) is 0 Å². The topological polar surface area (TPSA) is 71.7 Å². The molecular weight excluding hydrogens is 308 g/mol. The molecule has 1 aromatic carbocycles. The van der Waals surface area contributed by atoms with Gasteiger partial charge in [0.2, 0.25) is 11.8 Å². The molecule has 3 rings (SSSR count). The molecule has 0 atom stereocenters. The molecule has 2 heterocycles. The van der Waals surface area contributed by atoms with Crippen molar-refractivity contribution in [1.29, 1.82) is 0 Å². The fraction of sp³-hybridized carbons (Fsp3) is 0.471. The van der Waals surface area contributed by atoms with Gasteiger partial charge in [-0.1, -0.05) is 24.2 Å². The summed E-state index contributed by atoms with van der Waals surface area (Å²) in [6, 6.07) is 8.16. The van der Waals surface area contributed by atoms with Crippen LogP contribution in [0.5, 0.6) is 5.75 Å². The van der Waals surface area contributed by atoms with E-state index in [0.717, 1.165) is 17.7 Å². The van der Waals surface area contributed by atoms with Gasteiger partial charge in [-0.15, -0.1) is 5.10 Å². The zero-order valence-corrected chi connectivity index (χ0v) is 14.1. The lowest BCUT2D eigenvalue weighted by molar-refractivity contribution is -0.130. The molecular formula is C17H22N4O3. The molecule has 2 aromatic rings. The summed E-state index contributed by atoms with van der Waals surface area (Å²) in [4.78, 5) is 16.4. The second-order valence-electron chi connectivity index (χ2n) is 5.72. The quantitative estimate of drug-likeness (QED) is 0.828. The number of anilines is 1. The van der Waals surface area contributed by atoms with Crippen molar-refractivity contribution in [2.75, 3.05) is 38.2 Å². The predicted octanol–water partition coefficient (Wildman–Crippen LogP) is 1.53. The Balaban J connectivity index is 1.52. The fourth-order valence-electron chi connectivity index (χ4n) is 2.69. The minimum Gasteiger partial charge on any atom is -0.497 e. The van der Waals surface area contributed by atoms with Crippen LogP contribution < -0.4 is 9.64 Å². The highest BCUT2D eigenvalue weighted by atomic mass is 16.5. The smallest absolute Gasteiger partial charge is 0.318 e. The van der Waals surface area contributed by atoms with Gasteiger partial charge in [-0.3, -0.25) is 4.79 Å². The Morgan fingerprint density at radius 1 is 1.17 bits per heavy atom. The van der Waals surface area contributed by atoms with E-state index in [4.69, 9.17) is 9.15 Å². The first-order valence-electron chi connectivity index (χ1n) is 8.17. The van der Waals surface area contributed by atoms with Gasteiger partial charge < -0.3 is 19.0 Å². The molecule has 0 spiro atoms. The van der Waals surface area contributed by atoms with Crippen LogP contribution in [0.1, 0.15) is 18.4 Å². The average molecular weight is 330 g/mol. The Kier molecular flexibility index (Phi) is 4.98. The zero-order valence-electron chi connectivity index (χ0n) is 14.1. The number of hydrogen-bond acceptors (Lipinski definition) is 6. The lowest BCUT2D eigenvalue weighted by atomic mass is 10.1. The van der Waals surface area contributed by atoms with Crippen LogP contribution in [-0.4, -0.2) is 54.3 Å². The molecule has 0 N–H and O–H groups in total. The maximum atomic E-state index is 12.4. The van der Waals surface area contributed by atoms with Gasteiger partial charge in [-0.2, -0.15) is 0 Å². The molecule has 1 aromatic heterocycles. The molecule has 0 unspecified atom stereocenters. The molecule has 1 aliphatic rings. The number of methoxy groups -OCH3 is 1. The van der Waals surface area contributed by atoms with Crippen LogP contribution in [0.2, 0.25) is 0 Å². The van der Waals surface area contributed by atoms with E-state index in [1.807, 2.05) is 41.0 Å². The number of carbonyl (C=O) groups excluding carboxylic acids is 1. The largest absolute Gasteiger partial charge is 0.497 e. The minimum absolute atomic E-state index is 0.139. The number of aryl methyl sites for hydroxylation is 1. The van der Waals surface area contributed by atoms with Gasteiger partial charge in [0.05, 0.1) is 13.5 Å². The van der Waals surface area contributed by atoms with Gasteiger partial charge >= 0.3 is 6.01 Å². The van der Waals surface area contributed by atoms with Gasteiger partial charge in [0.1, 0.15) is 5.75 Å². The SMILES string of the molecule is CCc1nnc(N2CCN(C(=O)Cc3ccc(OC)cc3)CC2)o1. The first kappa shape index (κ1) is 16.3. The van der Waals surface area contributed by atoms with Crippen LogP contribution in [0.4, 0.5) is 6.01 Å². The molecule has 0 aliphatic carbocycles. The van der Waals surface area contributed by atoms with Crippen molar-refractivity contribution in [3.8, 4) is 5.75 Å². The summed E-state index contributed by atoms with van der Waals surface area (Å²) in [6.07, 6.45) is 1.14. The van der Waals surface area contributed by atoms with Gasteiger partial charge in [-0.25, -0.2) is 0 Å². The molecule has 1 fully saturated rings. The number of hydrogen-bond donors (Lipinski definition) is 0. The minimum atomic E-state index is 0.139. The molecule has 0 bridgehead atoms. The molecule has 1 amide bonds. The van der Waals surface area contributed by atoms with E-state index < -0.39 is 0 Å². The van der Waals surface area contributed by atoms with E-state index in [2.05, 4.69) is 10.2 Å². The molecule has 1 aliphatic heterocycles. The van der Waals surface area contributed by atoms with E-state index in [9.17, 15) is 4.79 Å². The van der Waals surface area contributed by atoms with Crippen LogP contribution in [-0.2, 0) is 17.6 Å². The Labute approximate surface area is 141 Å². The molecule has 1 saturated heterocycles. The second kappa shape index (κ2) is 7.33. The number of amides is 1. The molecule has 0 saturated carbocycles. The molecule has 7 heteroatoms. The standard InChI is InChI=1S/C17H22N4O3/c1-3-15-18-19-17(24-15)21-10-8-20(9-11-21)16(22)12-13-4-6-14(23-2)7-5-13/h4-7H,3,8-12H2,1-2H3. The van der Waals surface area contributed by atoms with Crippen molar-refractivity contribution in [3.63, 3.8) is 0 Å². The number of rotatable bonds is 5. The monoisotopic (exact) mass is 330 g/mol. The summed E-state index contributed by atoms with van der Waals surface area (Å²) in [5, 5.41) is 8.04. The highest BCUT2D eigenvalue weighted by molar-refractivity contribution is 5.79. The highest BCUT2D eigenvalue weighted by Crippen LogP contribution is 2.16. The Bertz CT molecular complexity index is 675. The third-order valence-corrected chi connectivity index (χ3v) is 4.18. The van der Waals surface area contributed by atoms with Crippen LogP contribution in [0.15, 0.2) is 28.7 Å².